The van der Waals surface area contributed by atoms with Gasteiger partial charge < -0.3 is 15.2 Å². The molecule has 5 heteroatoms. The van der Waals surface area contributed by atoms with Crippen molar-refractivity contribution < 1.29 is 9.84 Å². The Hall–Kier alpha value is -0.290. The summed E-state index contributed by atoms with van der Waals surface area (Å²) in [6.45, 7) is 2.44. The van der Waals surface area contributed by atoms with Gasteiger partial charge in [0.05, 0.1) is 0 Å². The van der Waals surface area contributed by atoms with E-state index in [0.29, 0.717) is 12.3 Å². The summed E-state index contributed by atoms with van der Waals surface area (Å²) in [7, 11) is 1.72. The van der Waals surface area contributed by atoms with E-state index >= 15 is 0 Å². The first kappa shape index (κ1) is 16.7. The minimum Gasteiger partial charge on any atom is -0.508 e. The molecule has 0 aliphatic rings. The minimum absolute atomic E-state index is 0. The number of aromatic hydroxyl groups is 1. The number of rotatable bonds is 7. The van der Waals surface area contributed by atoms with E-state index in [1.165, 1.54) is 0 Å². The monoisotopic (exact) mass is 323 g/mol. The second-order valence-electron chi connectivity index (χ2n) is 3.65. The van der Waals surface area contributed by atoms with Gasteiger partial charge in [0, 0.05) is 30.3 Å². The fourth-order valence-electron chi connectivity index (χ4n) is 1.42. The van der Waals surface area contributed by atoms with Gasteiger partial charge in [0.15, 0.2) is 0 Å². The fourth-order valence-corrected chi connectivity index (χ4v) is 1.82. The Labute approximate surface area is 117 Å². The predicted octanol–water partition coefficient (Wildman–Crippen LogP) is 3.09. The number of methoxy groups -OCH3 is 1. The molecule has 0 aromatic heterocycles. The molecule has 0 aliphatic carbocycles. The fraction of sp³-hybridized carbons (Fsp3) is 0.500. The maximum absolute atomic E-state index is 9.59. The molecule has 98 valence electrons. The van der Waals surface area contributed by atoms with Gasteiger partial charge in [0.2, 0.25) is 0 Å². The van der Waals surface area contributed by atoms with Crippen molar-refractivity contribution >= 4 is 28.3 Å². The van der Waals surface area contributed by atoms with Crippen molar-refractivity contribution in [2.75, 3.05) is 20.3 Å². The molecule has 0 unspecified atom stereocenters. The Morgan fingerprint density at radius 1 is 1.35 bits per heavy atom. The SMILES string of the molecule is COCCCCNCc1cc(Br)ccc1O.Cl. The molecule has 0 bridgehead atoms. The van der Waals surface area contributed by atoms with Crippen molar-refractivity contribution in [1.29, 1.82) is 0 Å². The first-order valence-corrected chi connectivity index (χ1v) is 6.20. The van der Waals surface area contributed by atoms with Gasteiger partial charge in [-0.05, 0) is 37.6 Å². The summed E-state index contributed by atoms with van der Waals surface area (Å²) in [5.41, 5.74) is 0.918. The summed E-state index contributed by atoms with van der Waals surface area (Å²) >= 11 is 3.38. The predicted molar refractivity (Wildman–Crippen MR) is 75.9 cm³/mol. The molecule has 1 aromatic rings. The molecule has 0 aliphatic heterocycles. The van der Waals surface area contributed by atoms with Crippen molar-refractivity contribution in [3.8, 4) is 5.75 Å². The van der Waals surface area contributed by atoms with E-state index in [4.69, 9.17) is 4.74 Å². The summed E-state index contributed by atoms with van der Waals surface area (Å²) in [6.07, 6.45) is 2.15. The molecule has 2 N–H and O–H groups in total. The molecular formula is C12H19BrClNO2. The van der Waals surface area contributed by atoms with E-state index in [2.05, 4.69) is 21.2 Å². The van der Waals surface area contributed by atoms with Gasteiger partial charge in [-0.15, -0.1) is 12.4 Å². The first-order chi connectivity index (χ1) is 7.74. The van der Waals surface area contributed by atoms with Crippen molar-refractivity contribution in [1.82, 2.24) is 5.32 Å². The van der Waals surface area contributed by atoms with E-state index in [-0.39, 0.29) is 12.4 Å². The van der Waals surface area contributed by atoms with Crippen LogP contribution >= 0.6 is 28.3 Å². The molecule has 3 nitrogen and oxygen atoms in total. The van der Waals surface area contributed by atoms with E-state index in [1.807, 2.05) is 12.1 Å². The van der Waals surface area contributed by atoms with Crippen LogP contribution in [-0.2, 0) is 11.3 Å². The maximum atomic E-state index is 9.59. The van der Waals surface area contributed by atoms with E-state index < -0.39 is 0 Å². The number of nitrogens with one attached hydrogen (secondary N) is 1. The third kappa shape index (κ3) is 6.88. The van der Waals surface area contributed by atoms with E-state index in [1.54, 1.807) is 13.2 Å². The number of unbranched alkanes of at least 4 members (excludes halogenated alkanes) is 1. The third-order valence-corrected chi connectivity index (χ3v) is 2.80. The Morgan fingerprint density at radius 2 is 2.12 bits per heavy atom. The van der Waals surface area contributed by atoms with Crippen LogP contribution < -0.4 is 5.32 Å². The van der Waals surface area contributed by atoms with Gasteiger partial charge in [0.25, 0.3) is 0 Å². The average Bonchev–Trinajstić information content (AvgIpc) is 2.28. The highest BCUT2D eigenvalue weighted by molar-refractivity contribution is 9.10. The van der Waals surface area contributed by atoms with Crippen molar-refractivity contribution in [2.24, 2.45) is 0 Å². The van der Waals surface area contributed by atoms with Gasteiger partial charge in [-0.3, -0.25) is 0 Å². The Morgan fingerprint density at radius 3 is 2.82 bits per heavy atom. The highest BCUT2D eigenvalue weighted by Crippen LogP contribution is 2.21. The quantitative estimate of drug-likeness (QED) is 0.757. The molecule has 0 spiro atoms. The lowest BCUT2D eigenvalue weighted by Crippen LogP contribution is -2.15. The molecular weight excluding hydrogens is 305 g/mol. The average molecular weight is 325 g/mol. The number of halogens is 2. The number of ether oxygens (including phenoxy) is 1. The second-order valence-corrected chi connectivity index (χ2v) is 4.57. The minimum atomic E-state index is 0. The Kier molecular flexibility index (Phi) is 9.55. The van der Waals surface area contributed by atoms with Crippen LogP contribution in [0.15, 0.2) is 22.7 Å². The van der Waals surface area contributed by atoms with Gasteiger partial charge in [-0.2, -0.15) is 0 Å². The molecule has 1 aromatic carbocycles. The standard InChI is InChI=1S/C12H18BrNO2.ClH/c1-16-7-3-2-6-14-9-10-8-11(13)4-5-12(10)15;/h4-5,8,14-15H,2-3,6-7,9H2,1H3;1H. The summed E-state index contributed by atoms with van der Waals surface area (Å²) in [5.74, 6) is 0.340. The lowest BCUT2D eigenvalue weighted by atomic mass is 10.2. The van der Waals surface area contributed by atoms with Gasteiger partial charge in [0.1, 0.15) is 5.75 Å². The zero-order valence-electron chi connectivity index (χ0n) is 9.91. The maximum Gasteiger partial charge on any atom is 0.120 e. The number of hydrogen-bond donors (Lipinski definition) is 2. The molecule has 0 amide bonds. The summed E-state index contributed by atoms with van der Waals surface area (Å²) in [6, 6.07) is 5.46. The molecule has 0 heterocycles. The zero-order chi connectivity index (χ0) is 11.8. The topological polar surface area (TPSA) is 41.5 Å². The first-order valence-electron chi connectivity index (χ1n) is 5.41. The van der Waals surface area contributed by atoms with Crippen LogP contribution in [0.3, 0.4) is 0 Å². The lowest BCUT2D eigenvalue weighted by Gasteiger charge is -2.07. The third-order valence-electron chi connectivity index (χ3n) is 2.31. The van der Waals surface area contributed by atoms with Gasteiger partial charge in [-0.25, -0.2) is 0 Å². The molecule has 17 heavy (non-hydrogen) atoms. The smallest absolute Gasteiger partial charge is 0.120 e. The summed E-state index contributed by atoms with van der Waals surface area (Å²) in [5, 5.41) is 12.9. The summed E-state index contributed by atoms with van der Waals surface area (Å²) in [4.78, 5) is 0. The number of hydrogen-bond acceptors (Lipinski definition) is 3. The van der Waals surface area contributed by atoms with E-state index in [0.717, 1.165) is 36.0 Å². The van der Waals surface area contributed by atoms with Crippen LogP contribution in [0.1, 0.15) is 18.4 Å². The number of phenolic OH excluding ortho intramolecular Hbond substituents is 1. The van der Waals surface area contributed by atoms with Crippen LogP contribution in [0, 0.1) is 0 Å². The molecule has 0 fully saturated rings. The number of benzene rings is 1. The number of phenols is 1. The normalized spacial score (nSPS) is 10.0. The van der Waals surface area contributed by atoms with Crippen molar-refractivity contribution in [3.63, 3.8) is 0 Å². The molecule has 1 rings (SSSR count). The van der Waals surface area contributed by atoms with Crippen LogP contribution in [-0.4, -0.2) is 25.4 Å². The summed E-state index contributed by atoms with van der Waals surface area (Å²) < 4.78 is 5.96. The van der Waals surface area contributed by atoms with Gasteiger partial charge >= 0.3 is 0 Å². The Bertz CT molecular complexity index is 323. The second kappa shape index (κ2) is 9.71. The van der Waals surface area contributed by atoms with Gasteiger partial charge in [-0.1, -0.05) is 15.9 Å². The van der Waals surface area contributed by atoms with Crippen LogP contribution in [0.2, 0.25) is 0 Å². The molecule has 0 saturated heterocycles. The van der Waals surface area contributed by atoms with Crippen LogP contribution in [0.25, 0.3) is 0 Å². The highest BCUT2D eigenvalue weighted by atomic mass is 79.9. The molecule has 0 atom stereocenters. The lowest BCUT2D eigenvalue weighted by molar-refractivity contribution is 0.192. The molecule has 0 radical (unpaired) electrons. The highest BCUT2D eigenvalue weighted by Gasteiger charge is 2.00. The molecule has 0 saturated carbocycles. The van der Waals surface area contributed by atoms with Crippen LogP contribution in [0.4, 0.5) is 0 Å². The Balaban J connectivity index is 0.00000256. The van der Waals surface area contributed by atoms with E-state index in [9.17, 15) is 5.11 Å². The van der Waals surface area contributed by atoms with Crippen LogP contribution in [0.5, 0.6) is 5.75 Å². The largest absolute Gasteiger partial charge is 0.508 e. The van der Waals surface area contributed by atoms with Crippen molar-refractivity contribution in [3.05, 3.63) is 28.2 Å². The zero-order valence-corrected chi connectivity index (χ0v) is 12.3. The van der Waals surface area contributed by atoms with Crippen molar-refractivity contribution in [2.45, 2.75) is 19.4 Å².